The summed E-state index contributed by atoms with van der Waals surface area (Å²) < 4.78 is 0. The van der Waals surface area contributed by atoms with Gasteiger partial charge in [-0.05, 0) is 68.7 Å². The summed E-state index contributed by atoms with van der Waals surface area (Å²) in [5.74, 6) is 0.664. The zero-order chi connectivity index (χ0) is 26.9. The van der Waals surface area contributed by atoms with Crippen LogP contribution in [0.15, 0.2) is 48.5 Å². The predicted molar refractivity (Wildman–Crippen MR) is 149 cm³/mol. The van der Waals surface area contributed by atoms with Crippen LogP contribution in [0.5, 0.6) is 0 Å². The molecule has 2 aromatic rings. The van der Waals surface area contributed by atoms with Gasteiger partial charge in [0, 0.05) is 37.6 Å². The minimum absolute atomic E-state index is 0.00473. The van der Waals surface area contributed by atoms with Crippen molar-refractivity contribution < 1.29 is 14.4 Å². The molecule has 3 heterocycles. The Morgan fingerprint density at radius 2 is 1.53 bits per heavy atom. The number of amides is 4. The van der Waals surface area contributed by atoms with Crippen LogP contribution in [-0.2, 0) is 9.59 Å². The summed E-state index contributed by atoms with van der Waals surface area (Å²) in [6.07, 6.45) is 3.07. The number of anilines is 2. The predicted octanol–water partition coefficient (Wildman–Crippen LogP) is 4.23. The molecule has 0 radical (unpaired) electrons. The lowest BCUT2D eigenvalue weighted by Gasteiger charge is -2.43. The molecule has 1 spiro atoms. The molecule has 5 rings (SSSR count). The Morgan fingerprint density at radius 1 is 0.895 bits per heavy atom. The molecule has 8 nitrogen and oxygen atoms in total. The Kier molecular flexibility index (Phi) is 7.32. The molecule has 0 aliphatic carbocycles. The molecule has 0 aromatic heterocycles. The van der Waals surface area contributed by atoms with Crippen molar-refractivity contribution >= 4 is 29.2 Å². The van der Waals surface area contributed by atoms with Gasteiger partial charge in [0.25, 0.3) is 5.91 Å². The van der Waals surface area contributed by atoms with Gasteiger partial charge < -0.3 is 24.9 Å². The van der Waals surface area contributed by atoms with E-state index in [0.29, 0.717) is 38.5 Å². The van der Waals surface area contributed by atoms with E-state index in [4.69, 9.17) is 0 Å². The summed E-state index contributed by atoms with van der Waals surface area (Å²) in [6, 6.07) is 15.8. The molecule has 3 saturated heterocycles. The third-order valence-corrected chi connectivity index (χ3v) is 8.64. The number of para-hydroxylation sites is 2. The molecule has 3 aliphatic heterocycles. The van der Waals surface area contributed by atoms with Crippen LogP contribution in [0.25, 0.3) is 0 Å². The third kappa shape index (κ3) is 4.96. The number of piperidine rings is 2. The number of rotatable bonds is 4. The van der Waals surface area contributed by atoms with Crippen molar-refractivity contribution in [3.8, 4) is 0 Å². The van der Waals surface area contributed by atoms with E-state index in [2.05, 4.69) is 17.1 Å². The second-order valence-electron chi connectivity index (χ2n) is 11.2. The SMILES string of the molecule is Cc1cccc(C)c1NC(=O)N1CCC2(CC1)C(=O)N(CC(=O)N1CCC(C)CC1)CN2c1ccccc1. The average molecular weight is 518 g/mol. The number of carbonyl (C=O) groups excluding carboxylic acids is 3. The number of benzene rings is 2. The summed E-state index contributed by atoms with van der Waals surface area (Å²) in [5, 5.41) is 3.08. The van der Waals surface area contributed by atoms with E-state index in [9.17, 15) is 14.4 Å². The lowest BCUT2D eigenvalue weighted by Crippen LogP contribution is -2.58. The number of hydrogen-bond acceptors (Lipinski definition) is 4. The molecule has 38 heavy (non-hydrogen) atoms. The Balaban J connectivity index is 1.31. The van der Waals surface area contributed by atoms with Crippen LogP contribution in [0.2, 0.25) is 0 Å². The number of aryl methyl sites for hydroxylation is 2. The van der Waals surface area contributed by atoms with Crippen LogP contribution in [0, 0.1) is 19.8 Å². The van der Waals surface area contributed by atoms with Crippen molar-refractivity contribution in [2.75, 3.05) is 49.6 Å². The Hall–Kier alpha value is -3.55. The van der Waals surface area contributed by atoms with Crippen LogP contribution in [0.4, 0.5) is 16.2 Å². The molecule has 8 heteroatoms. The van der Waals surface area contributed by atoms with Gasteiger partial charge in [-0.15, -0.1) is 0 Å². The third-order valence-electron chi connectivity index (χ3n) is 8.64. The molecule has 0 saturated carbocycles. The maximum atomic E-state index is 14.0. The minimum atomic E-state index is -0.757. The molecular formula is C30H39N5O3. The summed E-state index contributed by atoms with van der Waals surface area (Å²) >= 11 is 0. The first-order chi connectivity index (χ1) is 18.3. The maximum absolute atomic E-state index is 14.0. The molecule has 0 unspecified atom stereocenters. The Bertz CT molecular complexity index is 1160. The summed E-state index contributed by atoms with van der Waals surface area (Å²) in [5.41, 5.74) is 3.11. The van der Waals surface area contributed by atoms with E-state index in [1.54, 1.807) is 9.80 Å². The van der Waals surface area contributed by atoms with E-state index < -0.39 is 5.54 Å². The van der Waals surface area contributed by atoms with Gasteiger partial charge in [-0.3, -0.25) is 9.59 Å². The molecule has 202 valence electrons. The first-order valence-corrected chi connectivity index (χ1v) is 13.8. The number of nitrogens with zero attached hydrogens (tertiary/aromatic N) is 4. The number of urea groups is 1. The molecule has 3 fully saturated rings. The van der Waals surface area contributed by atoms with Crippen LogP contribution < -0.4 is 10.2 Å². The van der Waals surface area contributed by atoms with Crippen molar-refractivity contribution in [2.24, 2.45) is 5.92 Å². The molecular weight excluding hydrogens is 478 g/mol. The van der Waals surface area contributed by atoms with Gasteiger partial charge >= 0.3 is 6.03 Å². The van der Waals surface area contributed by atoms with E-state index in [1.807, 2.05) is 67.3 Å². The van der Waals surface area contributed by atoms with Gasteiger partial charge in [-0.2, -0.15) is 0 Å². The zero-order valence-electron chi connectivity index (χ0n) is 22.8. The van der Waals surface area contributed by atoms with Crippen LogP contribution >= 0.6 is 0 Å². The number of nitrogens with one attached hydrogen (secondary N) is 1. The quantitative estimate of drug-likeness (QED) is 0.659. The fourth-order valence-corrected chi connectivity index (χ4v) is 6.12. The number of hydrogen-bond donors (Lipinski definition) is 1. The molecule has 2 aromatic carbocycles. The Morgan fingerprint density at radius 3 is 2.16 bits per heavy atom. The smallest absolute Gasteiger partial charge is 0.321 e. The summed E-state index contributed by atoms with van der Waals surface area (Å²) in [6.45, 7) is 9.16. The van der Waals surface area contributed by atoms with E-state index in [-0.39, 0.29) is 24.4 Å². The van der Waals surface area contributed by atoms with Gasteiger partial charge in [0.2, 0.25) is 5.91 Å². The first-order valence-electron chi connectivity index (χ1n) is 13.8. The molecule has 1 N–H and O–H groups in total. The standard InChI is InChI=1S/C30H39N5O3/c1-22-12-16-32(17-13-22)26(36)20-34-21-35(25-10-5-4-6-11-25)30(28(34)37)14-18-33(19-15-30)29(38)31-27-23(2)8-7-9-24(27)3/h4-11,22H,12-21H2,1-3H3,(H,31,38). The first kappa shape index (κ1) is 26.1. The number of carbonyl (C=O) groups is 3. The van der Waals surface area contributed by atoms with Crippen molar-refractivity contribution in [3.63, 3.8) is 0 Å². The summed E-state index contributed by atoms with van der Waals surface area (Å²) in [4.78, 5) is 47.9. The second-order valence-corrected chi connectivity index (χ2v) is 11.2. The molecule has 0 atom stereocenters. The molecule has 4 amide bonds. The minimum Gasteiger partial charge on any atom is -0.341 e. The fraction of sp³-hybridized carbons (Fsp3) is 0.500. The maximum Gasteiger partial charge on any atom is 0.321 e. The fourth-order valence-electron chi connectivity index (χ4n) is 6.12. The van der Waals surface area contributed by atoms with Crippen LogP contribution in [0.1, 0.15) is 43.7 Å². The van der Waals surface area contributed by atoms with Crippen molar-refractivity contribution in [2.45, 2.75) is 52.0 Å². The highest BCUT2D eigenvalue weighted by Gasteiger charge is 2.54. The van der Waals surface area contributed by atoms with Crippen molar-refractivity contribution in [1.29, 1.82) is 0 Å². The zero-order valence-corrected chi connectivity index (χ0v) is 22.8. The normalized spacial score (nSPS) is 19.8. The lowest BCUT2D eigenvalue weighted by atomic mass is 9.85. The highest BCUT2D eigenvalue weighted by atomic mass is 16.2. The van der Waals surface area contributed by atoms with E-state index in [0.717, 1.165) is 48.4 Å². The topological polar surface area (TPSA) is 76.2 Å². The second kappa shape index (κ2) is 10.7. The molecule has 0 bridgehead atoms. The summed E-state index contributed by atoms with van der Waals surface area (Å²) in [7, 11) is 0. The highest BCUT2D eigenvalue weighted by Crippen LogP contribution is 2.39. The van der Waals surface area contributed by atoms with Gasteiger partial charge in [-0.1, -0.05) is 43.3 Å². The number of likely N-dealkylation sites (tertiary alicyclic amines) is 2. The average Bonchev–Trinajstić information content (AvgIpc) is 3.18. The van der Waals surface area contributed by atoms with Gasteiger partial charge in [0.15, 0.2) is 0 Å². The van der Waals surface area contributed by atoms with Crippen LogP contribution in [-0.4, -0.2) is 77.5 Å². The van der Waals surface area contributed by atoms with Gasteiger partial charge in [0.05, 0.1) is 6.67 Å². The lowest BCUT2D eigenvalue weighted by molar-refractivity contribution is -0.141. The van der Waals surface area contributed by atoms with Crippen molar-refractivity contribution in [3.05, 3.63) is 59.7 Å². The van der Waals surface area contributed by atoms with E-state index in [1.165, 1.54) is 0 Å². The van der Waals surface area contributed by atoms with Gasteiger partial charge in [0.1, 0.15) is 12.1 Å². The monoisotopic (exact) mass is 517 g/mol. The highest BCUT2D eigenvalue weighted by molar-refractivity contribution is 5.97. The molecule has 3 aliphatic rings. The van der Waals surface area contributed by atoms with Crippen LogP contribution in [0.3, 0.4) is 0 Å². The van der Waals surface area contributed by atoms with Crippen molar-refractivity contribution in [1.82, 2.24) is 14.7 Å². The largest absolute Gasteiger partial charge is 0.341 e. The van der Waals surface area contributed by atoms with Gasteiger partial charge in [-0.25, -0.2) is 4.79 Å². The Labute approximate surface area is 225 Å². The van der Waals surface area contributed by atoms with E-state index >= 15 is 0 Å².